The number of hydrogen-bond donors (Lipinski definition) is 0. The fourth-order valence-electron chi connectivity index (χ4n) is 1.34. The molecule has 1 aliphatic heterocycles. The molecule has 0 unspecified atom stereocenters. The number of rotatable bonds is 1. The molecule has 0 fully saturated rings. The maximum absolute atomic E-state index is 11.5. The Hall–Kier alpha value is -1.41. The number of Topliss-reactive ketones (excluding diaryl/α,β-unsaturated/α-hetero) is 1. The van der Waals surface area contributed by atoms with Gasteiger partial charge in [-0.05, 0) is 17.7 Å². The van der Waals surface area contributed by atoms with Crippen molar-refractivity contribution in [3.05, 3.63) is 41.1 Å². The summed E-state index contributed by atoms with van der Waals surface area (Å²) in [5.74, 6) is 0.0854. The van der Waals surface area contributed by atoms with Crippen molar-refractivity contribution < 1.29 is 4.79 Å². The molecule has 0 spiro atoms. The summed E-state index contributed by atoms with van der Waals surface area (Å²) in [4.78, 5) is 15.5. The highest BCUT2D eigenvalue weighted by molar-refractivity contribution is 6.31. The topological polar surface area (TPSA) is 29.4 Å². The van der Waals surface area contributed by atoms with Gasteiger partial charge in [0.2, 0.25) is 0 Å². The Labute approximate surface area is 86.9 Å². The lowest BCUT2D eigenvalue weighted by atomic mass is 10.00. The van der Waals surface area contributed by atoms with E-state index in [2.05, 4.69) is 4.99 Å². The molecule has 2 nitrogen and oxygen atoms in total. The summed E-state index contributed by atoms with van der Waals surface area (Å²) in [6.07, 6.45) is 3.56. The van der Waals surface area contributed by atoms with Crippen LogP contribution in [0, 0.1) is 0 Å². The van der Waals surface area contributed by atoms with Gasteiger partial charge in [0.25, 0.3) is 0 Å². The summed E-state index contributed by atoms with van der Waals surface area (Å²) in [7, 11) is 0. The van der Waals surface area contributed by atoms with Crippen molar-refractivity contribution in [3.63, 3.8) is 0 Å². The summed E-state index contributed by atoms with van der Waals surface area (Å²) < 4.78 is 0. The zero-order chi connectivity index (χ0) is 9.97. The Morgan fingerprint density at radius 2 is 2.21 bits per heavy atom. The minimum absolute atomic E-state index is 0.0854. The van der Waals surface area contributed by atoms with Gasteiger partial charge in [0, 0.05) is 29.4 Å². The summed E-state index contributed by atoms with van der Waals surface area (Å²) in [5.41, 5.74) is 1.47. The van der Waals surface area contributed by atoms with Crippen LogP contribution in [-0.2, 0) is 4.79 Å². The van der Waals surface area contributed by atoms with Crippen LogP contribution in [0.5, 0.6) is 0 Å². The highest BCUT2D eigenvalue weighted by Crippen LogP contribution is 2.21. The molecule has 1 aliphatic rings. The molecule has 0 saturated heterocycles. The maximum Gasteiger partial charge on any atom is 0.170 e. The van der Waals surface area contributed by atoms with E-state index in [9.17, 15) is 4.79 Å². The van der Waals surface area contributed by atoms with E-state index in [0.29, 0.717) is 17.0 Å². The quantitative estimate of drug-likeness (QED) is 0.693. The van der Waals surface area contributed by atoms with Gasteiger partial charge in [-0.25, -0.2) is 0 Å². The lowest BCUT2D eigenvalue weighted by Crippen LogP contribution is -2.05. The Morgan fingerprint density at radius 1 is 1.36 bits per heavy atom. The van der Waals surface area contributed by atoms with Crippen LogP contribution in [0.4, 0.5) is 0 Å². The molecule has 0 saturated carbocycles. The van der Waals surface area contributed by atoms with E-state index in [1.165, 1.54) is 0 Å². The summed E-state index contributed by atoms with van der Waals surface area (Å²) in [6, 6.07) is 7.23. The molecule has 14 heavy (non-hydrogen) atoms. The molecule has 70 valence electrons. The van der Waals surface area contributed by atoms with Crippen molar-refractivity contribution in [2.24, 2.45) is 4.99 Å². The van der Waals surface area contributed by atoms with Crippen LogP contribution in [0.3, 0.4) is 0 Å². The Balaban J connectivity index is 2.44. The normalized spacial score (nSPS) is 15.5. The number of allylic oxidation sites excluding steroid dienone is 1. The third-order valence-corrected chi connectivity index (χ3v) is 2.26. The van der Waals surface area contributed by atoms with Gasteiger partial charge in [-0.1, -0.05) is 23.7 Å². The lowest BCUT2D eigenvalue weighted by molar-refractivity contribution is -0.112. The van der Waals surface area contributed by atoms with Crippen LogP contribution in [0.25, 0.3) is 5.57 Å². The first-order chi connectivity index (χ1) is 6.77. The molecule has 0 amide bonds. The predicted molar refractivity (Wildman–Crippen MR) is 57.5 cm³/mol. The predicted octanol–water partition coefficient (Wildman–Crippen LogP) is 2.72. The second-order valence-electron chi connectivity index (χ2n) is 3.01. The van der Waals surface area contributed by atoms with Crippen molar-refractivity contribution in [3.8, 4) is 0 Å². The van der Waals surface area contributed by atoms with E-state index in [4.69, 9.17) is 11.6 Å². The fraction of sp³-hybridized carbons (Fsp3) is 0.0909. The van der Waals surface area contributed by atoms with Crippen LogP contribution >= 0.6 is 11.6 Å². The first kappa shape index (κ1) is 9.16. The van der Waals surface area contributed by atoms with E-state index in [1.54, 1.807) is 24.5 Å². The molecule has 1 heterocycles. The molecule has 1 aromatic carbocycles. The van der Waals surface area contributed by atoms with Gasteiger partial charge in [0.1, 0.15) is 0 Å². The zero-order valence-electron chi connectivity index (χ0n) is 7.40. The molecule has 3 heteroatoms. The van der Waals surface area contributed by atoms with E-state index >= 15 is 0 Å². The smallest absolute Gasteiger partial charge is 0.170 e. The zero-order valence-corrected chi connectivity index (χ0v) is 8.16. The summed E-state index contributed by atoms with van der Waals surface area (Å²) >= 11 is 5.83. The van der Waals surface area contributed by atoms with Gasteiger partial charge < -0.3 is 0 Å². The Kier molecular flexibility index (Phi) is 2.46. The van der Waals surface area contributed by atoms with Gasteiger partial charge in [-0.2, -0.15) is 0 Å². The van der Waals surface area contributed by atoms with Gasteiger partial charge in [0.15, 0.2) is 5.78 Å². The SMILES string of the molecule is O=C1CC=NC=C1c1cccc(Cl)c1. The largest absolute Gasteiger partial charge is 0.294 e. The summed E-state index contributed by atoms with van der Waals surface area (Å²) in [6.45, 7) is 0. The van der Waals surface area contributed by atoms with Crippen molar-refractivity contribution in [1.82, 2.24) is 0 Å². The van der Waals surface area contributed by atoms with Gasteiger partial charge in [0.05, 0.1) is 0 Å². The van der Waals surface area contributed by atoms with E-state index in [1.807, 2.05) is 12.1 Å². The first-order valence-corrected chi connectivity index (χ1v) is 4.66. The fourth-order valence-corrected chi connectivity index (χ4v) is 1.53. The van der Waals surface area contributed by atoms with Gasteiger partial charge >= 0.3 is 0 Å². The molecular formula is C11H8ClNO. The van der Waals surface area contributed by atoms with Crippen molar-refractivity contribution in [2.45, 2.75) is 6.42 Å². The number of hydrogen-bond acceptors (Lipinski definition) is 2. The monoisotopic (exact) mass is 205 g/mol. The standard InChI is InChI=1S/C11H8ClNO/c12-9-3-1-2-8(6-9)10-7-13-5-4-11(10)14/h1-3,5-7H,4H2. The molecule has 0 radical (unpaired) electrons. The van der Waals surface area contributed by atoms with Crippen LogP contribution in [0.1, 0.15) is 12.0 Å². The second-order valence-corrected chi connectivity index (χ2v) is 3.45. The van der Waals surface area contributed by atoms with E-state index in [0.717, 1.165) is 5.56 Å². The number of halogens is 1. The van der Waals surface area contributed by atoms with Crippen molar-refractivity contribution >= 4 is 29.2 Å². The van der Waals surface area contributed by atoms with Gasteiger partial charge in [-0.3, -0.25) is 9.79 Å². The van der Waals surface area contributed by atoms with Crippen LogP contribution in [-0.4, -0.2) is 12.0 Å². The molecule has 0 aromatic heterocycles. The molecule has 0 aliphatic carbocycles. The van der Waals surface area contributed by atoms with E-state index in [-0.39, 0.29) is 5.78 Å². The molecule has 2 rings (SSSR count). The minimum atomic E-state index is 0.0854. The average molecular weight is 206 g/mol. The van der Waals surface area contributed by atoms with Crippen molar-refractivity contribution in [1.29, 1.82) is 0 Å². The second kappa shape index (κ2) is 3.76. The lowest BCUT2D eigenvalue weighted by Gasteiger charge is -2.07. The van der Waals surface area contributed by atoms with Crippen LogP contribution < -0.4 is 0 Å². The molecule has 1 aromatic rings. The van der Waals surface area contributed by atoms with Crippen LogP contribution in [0.15, 0.2) is 35.5 Å². The Morgan fingerprint density at radius 3 is 2.93 bits per heavy atom. The van der Waals surface area contributed by atoms with Gasteiger partial charge in [-0.15, -0.1) is 0 Å². The highest BCUT2D eigenvalue weighted by atomic mass is 35.5. The molecule has 0 bridgehead atoms. The third-order valence-electron chi connectivity index (χ3n) is 2.02. The number of aliphatic imine (C=N–C) groups is 1. The average Bonchev–Trinajstić information content (AvgIpc) is 2.18. The number of benzene rings is 1. The number of nitrogens with zero attached hydrogens (tertiary/aromatic N) is 1. The first-order valence-electron chi connectivity index (χ1n) is 4.28. The Bertz CT molecular complexity index is 435. The van der Waals surface area contributed by atoms with Crippen molar-refractivity contribution in [2.75, 3.05) is 0 Å². The number of ketones is 1. The minimum Gasteiger partial charge on any atom is -0.294 e. The third kappa shape index (κ3) is 1.75. The van der Waals surface area contributed by atoms with E-state index < -0.39 is 0 Å². The summed E-state index contributed by atoms with van der Waals surface area (Å²) in [5, 5.41) is 0.630. The van der Waals surface area contributed by atoms with Crippen LogP contribution in [0.2, 0.25) is 5.02 Å². The molecule has 0 atom stereocenters. The number of carbonyl (C=O) groups is 1. The maximum atomic E-state index is 11.5. The highest BCUT2D eigenvalue weighted by Gasteiger charge is 2.13. The number of carbonyl (C=O) groups excluding carboxylic acids is 1. The molecular weight excluding hydrogens is 198 g/mol. The molecule has 0 N–H and O–H groups in total.